The highest BCUT2D eigenvalue weighted by Gasteiger charge is 2.21. The minimum Gasteiger partial charge on any atom is -0.308 e. The first-order valence-electron chi connectivity index (χ1n) is 3.92. The summed E-state index contributed by atoms with van der Waals surface area (Å²) in [5, 5.41) is 10.6. The van der Waals surface area contributed by atoms with E-state index >= 15 is 0 Å². The summed E-state index contributed by atoms with van der Waals surface area (Å²) in [4.78, 5) is 0. The first-order chi connectivity index (χ1) is 6.09. The van der Waals surface area contributed by atoms with E-state index in [1.54, 1.807) is 4.57 Å². The molecular formula is C6H10N4O2S. The molecule has 0 aromatic carbocycles. The summed E-state index contributed by atoms with van der Waals surface area (Å²) in [7, 11) is -3.24. The first kappa shape index (κ1) is 8.64. The molecule has 0 fully saturated rings. The highest BCUT2D eigenvalue weighted by Crippen LogP contribution is 2.10. The Hall–Kier alpha value is -0.950. The molecule has 1 aliphatic heterocycles. The molecule has 13 heavy (non-hydrogen) atoms. The molecule has 0 atom stereocenters. The van der Waals surface area contributed by atoms with Gasteiger partial charge in [-0.15, -0.1) is 10.2 Å². The maximum atomic E-state index is 11.2. The van der Waals surface area contributed by atoms with Crippen molar-refractivity contribution in [3.63, 3.8) is 0 Å². The standard InChI is InChI=1S/C6H10N4O2S/c1-13(11,12)6-9-8-5-4-7-2-3-10(5)6/h7H,2-4H2,1H3. The van der Waals surface area contributed by atoms with E-state index in [9.17, 15) is 8.42 Å². The molecule has 0 aliphatic carbocycles. The normalized spacial score (nSPS) is 17.0. The van der Waals surface area contributed by atoms with Crippen LogP contribution in [0.5, 0.6) is 0 Å². The predicted molar refractivity (Wildman–Crippen MR) is 44.8 cm³/mol. The maximum Gasteiger partial charge on any atom is 0.249 e. The molecule has 0 bridgehead atoms. The number of hydrogen-bond acceptors (Lipinski definition) is 5. The average Bonchev–Trinajstić information content (AvgIpc) is 2.45. The van der Waals surface area contributed by atoms with Crippen molar-refractivity contribution in [2.45, 2.75) is 18.2 Å². The zero-order valence-electron chi connectivity index (χ0n) is 7.19. The van der Waals surface area contributed by atoms with Crippen molar-refractivity contribution in [2.75, 3.05) is 12.8 Å². The second-order valence-corrected chi connectivity index (χ2v) is 4.91. The van der Waals surface area contributed by atoms with Crippen LogP contribution in [0.1, 0.15) is 5.82 Å². The van der Waals surface area contributed by atoms with Crippen molar-refractivity contribution in [1.29, 1.82) is 0 Å². The quantitative estimate of drug-likeness (QED) is 0.618. The summed E-state index contributed by atoms with van der Waals surface area (Å²) in [6.07, 6.45) is 1.15. The van der Waals surface area contributed by atoms with Gasteiger partial charge < -0.3 is 5.32 Å². The molecule has 1 aromatic rings. The zero-order chi connectivity index (χ0) is 9.47. The molecule has 1 N–H and O–H groups in total. The number of nitrogens with one attached hydrogen (secondary N) is 1. The number of hydrogen-bond donors (Lipinski definition) is 1. The number of rotatable bonds is 1. The third-order valence-electron chi connectivity index (χ3n) is 1.92. The summed E-state index contributed by atoms with van der Waals surface area (Å²) < 4.78 is 24.1. The molecule has 72 valence electrons. The van der Waals surface area contributed by atoms with Crippen LogP contribution in [-0.4, -0.2) is 36.0 Å². The Kier molecular flexibility index (Phi) is 1.85. The molecule has 1 aromatic heterocycles. The van der Waals surface area contributed by atoms with Gasteiger partial charge in [-0.05, 0) is 0 Å². The Balaban J connectivity index is 2.55. The second-order valence-electron chi connectivity index (χ2n) is 3.00. The van der Waals surface area contributed by atoms with Crippen molar-refractivity contribution < 1.29 is 8.42 Å². The fourth-order valence-electron chi connectivity index (χ4n) is 1.34. The molecule has 2 rings (SSSR count). The van der Waals surface area contributed by atoms with Gasteiger partial charge in [-0.25, -0.2) is 8.42 Å². The zero-order valence-corrected chi connectivity index (χ0v) is 8.00. The van der Waals surface area contributed by atoms with E-state index in [-0.39, 0.29) is 5.16 Å². The molecule has 0 unspecified atom stereocenters. The Bertz CT molecular complexity index is 422. The van der Waals surface area contributed by atoms with E-state index < -0.39 is 9.84 Å². The van der Waals surface area contributed by atoms with E-state index in [2.05, 4.69) is 15.5 Å². The molecule has 7 heteroatoms. The summed E-state index contributed by atoms with van der Waals surface area (Å²) >= 11 is 0. The van der Waals surface area contributed by atoms with E-state index in [1.807, 2.05) is 0 Å². The summed E-state index contributed by atoms with van der Waals surface area (Å²) in [5.74, 6) is 0.687. The highest BCUT2D eigenvalue weighted by molar-refractivity contribution is 7.90. The summed E-state index contributed by atoms with van der Waals surface area (Å²) in [6, 6.07) is 0. The van der Waals surface area contributed by atoms with Crippen molar-refractivity contribution in [2.24, 2.45) is 0 Å². The lowest BCUT2D eigenvalue weighted by Crippen LogP contribution is -2.29. The van der Waals surface area contributed by atoms with Crippen LogP contribution < -0.4 is 5.32 Å². The van der Waals surface area contributed by atoms with Gasteiger partial charge in [-0.1, -0.05) is 0 Å². The molecule has 0 saturated carbocycles. The van der Waals surface area contributed by atoms with Crippen molar-refractivity contribution in [3.05, 3.63) is 5.82 Å². The van der Waals surface area contributed by atoms with Crippen LogP contribution in [0.3, 0.4) is 0 Å². The monoisotopic (exact) mass is 202 g/mol. The van der Waals surface area contributed by atoms with Crippen LogP contribution in [0, 0.1) is 0 Å². The van der Waals surface area contributed by atoms with Crippen molar-refractivity contribution in [3.8, 4) is 0 Å². The number of sulfone groups is 1. The van der Waals surface area contributed by atoms with Gasteiger partial charge in [0.1, 0.15) is 5.82 Å². The summed E-state index contributed by atoms with van der Waals surface area (Å²) in [5.41, 5.74) is 0. The topological polar surface area (TPSA) is 76.9 Å². The molecule has 6 nitrogen and oxygen atoms in total. The fraction of sp³-hybridized carbons (Fsp3) is 0.667. The van der Waals surface area contributed by atoms with Gasteiger partial charge in [-0.3, -0.25) is 4.57 Å². The summed E-state index contributed by atoms with van der Waals surface area (Å²) in [6.45, 7) is 1.96. The number of aromatic nitrogens is 3. The van der Waals surface area contributed by atoms with Gasteiger partial charge in [-0.2, -0.15) is 0 Å². The van der Waals surface area contributed by atoms with Gasteiger partial charge in [0.05, 0.1) is 6.54 Å². The fourth-order valence-corrected chi connectivity index (χ4v) is 2.13. The van der Waals surface area contributed by atoms with Gasteiger partial charge in [0.15, 0.2) is 0 Å². The lowest BCUT2D eigenvalue weighted by molar-refractivity contribution is 0.475. The van der Waals surface area contributed by atoms with E-state index in [4.69, 9.17) is 0 Å². The van der Waals surface area contributed by atoms with Crippen LogP contribution >= 0.6 is 0 Å². The molecule has 2 heterocycles. The van der Waals surface area contributed by atoms with Crippen molar-refractivity contribution >= 4 is 9.84 Å². The largest absolute Gasteiger partial charge is 0.308 e. The van der Waals surface area contributed by atoms with Crippen LogP contribution in [0.25, 0.3) is 0 Å². The van der Waals surface area contributed by atoms with Crippen molar-refractivity contribution in [1.82, 2.24) is 20.1 Å². The smallest absolute Gasteiger partial charge is 0.249 e. The molecule has 0 spiro atoms. The Morgan fingerprint density at radius 1 is 1.46 bits per heavy atom. The lowest BCUT2D eigenvalue weighted by Gasteiger charge is -2.14. The highest BCUT2D eigenvalue weighted by atomic mass is 32.2. The number of fused-ring (bicyclic) bond motifs is 1. The van der Waals surface area contributed by atoms with E-state index in [1.165, 1.54) is 0 Å². The maximum absolute atomic E-state index is 11.2. The van der Waals surface area contributed by atoms with E-state index in [0.29, 0.717) is 18.9 Å². The van der Waals surface area contributed by atoms with Gasteiger partial charge in [0.25, 0.3) is 0 Å². The Morgan fingerprint density at radius 2 is 2.23 bits per heavy atom. The van der Waals surface area contributed by atoms with Crippen LogP contribution in [0.15, 0.2) is 5.16 Å². The molecule has 0 amide bonds. The molecule has 0 radical (unpaired) electrons. The second kappa shape index (κ2) is 2.78. The molecule has 1 aliphatic rings. The lowest BCUT2D eigenvalue weighted by atomic mass is 10.4. The van der Waals surface area contributed by atoms with Gasteiger partial charge in [0, 0.05) is 19.3 Å². The molecular weight excluding hydrogens is 192 g/mol. The average molecular weight is 202 g/mol. The number of nitrogens with zero attached hydrogens (tertiary/aromatic N) is 3. The third-order valence-corrected chi connectivity index (χ3v) is 2.89. The van der Waals surface area contributed by atoms with Crippen LogP contribution in [0.2, 0.25) is 0 Å². The SMILES string of the molecule is CS(=O)(=O)c1nnc2n1CCNC2. The first-order valence-corrected chi connectivity index (χ1v) is 5.81. The Morgan fingerprint density at radius 3 is 2.92 bits per heavy atom. The van der Waals surface area contributed by atoms with Crippen LogP contribution in [0.4, 0.5) is 0 Å². The minimum absolute atomic E-state index is 0.0731. The third kappa shape index (κ3) is 1.44. The Labute approximate surface area is 75.9 Å². The van der Waals surface area contributed by atoms with Gasteiger partial charge >= 0.3 is 0 Å². The van der Waals surface area contributed by atoms with Gasteiger partial charge in [0.2, 0.25) is 15.0 Å². The molecule has 0 saturated heterocycles. The van der Waals surface area contributed by atoms with E-state index in [0.717, 1.165) is 12.8 Å². The minimum atomic E-state index is -3.24. The van der Waals surface area contributed by atoms with Crippen LogP contribution in [-0.2, 0) is 22.9 Å². The predicted octanol–water partition coefficient (Wildman–Crippen LogP) is -1.22.